The van der Waals surface area contributed by atoms with Gasteiger partial charge in [-0.3, -0.25) is 24.6 Å². The molecule has 2 aliphatic heterocycles. The largest absolute Gasteiger partial charge is 0.376 e. The molecule has 7 nitrogen and oxygen atoms in total. The molecule has 3 amide bonds. The van der Waals surface area contributed by atoms with Crippen LogP contribution in [-0.4, -0.2) is 46.9 Å². The quantitative estimate of drug-likeness (QED) is 0.527. The van der Waals surface area contributed by atoms with Crippen LogP contribution in [-0.2, 0) is 11.2 Å². The molecule has 3 aromatic rings. The van der Waals surface area contributed by atoms with E-state index in [1.54, 1.807) is 12.3 Å². The molecule has 0 saturated carbocycles. The summed E-state index contributed by atoms with van der Waals surface area (Å²) in [6, 6.07) is 12.1. The standard InChI is InChI=1S/C24H20ClN3O4S/c25-16-4-1-3-14(9-16)10-18-12-26-24(33-18)27-21(29)15-6-7-19-20(11-15)23(31)28(22(19)30)13-17-5-2-8-32-17/h1,3-4,6-7,9,11-12,17H,2,5,8,10,13H2,(H,26,27,29). The summed E-state index contributed by atoms with van der Waals surface area (Å²) in [7, 11) is 0. The van der Waals surface area contributed by atoms with Crippen LogP contribution in [0.1, 0.15) is 54.4 Å². The van der Waals surface area contributed by atoms with Gasteiger partial charge in [-0.25, -0.2) is 4.98 Å². The van der Waals surface area contributed by atoms with Crippen LogP contribution in [0.15, 0.2) is 48.7 Å². The molecule has 0 spiro atoms. The third kappa shape index (κ3) is 4.55. The number of nitrogens with zero attached hydrogens (tertiary/aromatic N) is 2. The Hall–Kier alpha value is -3.07. The maximum Gasteiger partial charge on any atom is 0.261 e. The van der Waals surface area contributed by atoms with Gasteiger partial charge in [-0.2, -0.15) is 0 Å². The molecular weight excluding hydrogens is 462 g/mol. The first-order valence-electron chi connectivity index (χ1n) is 10.6. The van der Waals surface area contributed by atoms with Crippen molar-refractivity contribution in [2.45, 2.75) is 25.4 Å². The van der Waals surface area contributed by atoms with Crippen molar-refractivity contribution in [3.63, 3.8) is 0 Å². The second kappa shape index (κ2) is 9.05. The van der Waals surface area contributed by atoms with Gasteiger partial charge in [0.05, 0.1) is 23.8 Å². The predicted octanol–water partition coefficient (Wildman–Crippen LogP) is 4.41. The Bertz CT molecular complexity index is 1250. The molecule has 1 saturated heterocycles. The Morgan fingerprint density at radius 3 is 2.82 bits per heavy atom. The molecule has 1 N–H and O–H groups in total. The van der Waals surface area contributed by atoms with Crippen molar-refractivity contribution in [3.8, 4) is 0 Å². The van der Waals surface area contributed by atoms with E-state index in [0.29, 0.717) is 34.3 Å². The predicted molar refractivity (Wildman–Crippen MR) is 125 cm³/mol. The molecular formula is C24H20ClN3O4S. The Kier molecular flexibility index (Phi) is 5.97. The maximum absolute atomic E-state index is 12.8. The number of carbonyl (C=O) groups is 3. The molecule has 3 heterocycles. The highest BCUT2D eigenvalue weighted by atomic mass is 35.5. The minimum atomic E-state index is -0.391. The summed E-state index contributed by atoms with van der Waals surface area (Å²) in [4.78, 5) is 44.8. The van der Waals surface area contributed by atoms with Gasteiger partial charge in [-0.1, -0.05) is 23.7 Å². The lowest BCUT2D eigenvalue weighted by molar-refractivity contribution is 0.0475. The molecule has 1 fully saturated rings. The summed E-state index contributed by atoms with van der Waals surface area (Å²) in [5, 5.41) is 3.90. The summed E-state index contributed by atoms with van der Waals surface area (Å²) in [6.07, 6.45) is 4.00. The fraction of sp³-hybridized carbons (Fsp3) is 0.250. The van der Waals surface area contributed by atoms with Crippen LogP contribution in [0.3, 0.4) is 0 Å². The lowest BCUT2D eigenvalue weighted by Gasteiger charge is -2.17. The Labute approximate surface area is 199 Å². The first-order chi connectivity index (χ1) is 16.0. The van der Waals surface area contributed by atoms with Crippen molar-refractivity contribution < 1.29 is 19.1 Å². The molecule has 0 bridgehead atoms. The number of halogens is 1. The normalized spacial score (nSPS) is 17.5. The highest BCUT2D eigenvalue weighted by Gasteiger charge is 2.38. The molecule has 33 heavy (non-hydrogen) atoms. The lowest BCUT2D eigenvalue weighted by atomic mass is 10.1. The van der Waals surface area contributed by atoms with E-state index in [-0.39, 0.29) is 30.0 Å². The SMILES string of the molecule is O=C(Nc1ncc(Cc2cccc(Cl)c2)s1)c1ccc2c(c1)C(=O)N(CC1CCCO1)C2=O. The van der Waals surface area contributed by atoms with Crippen LogP contribution in [0.2, 0.25) is 5.02 Å². The number of hydrogen-bond acceptors (Lipinski definition) is 6. The Morgan fingerprint density at radius 1 is 1.18 bits per heavy atom. The number of ether oxygens (including phenoxy) is 1. The number of imide groups is 1. The second-order valence-corrected chi connectivity index (χ2v) is 9.56. The number of aromatic nitrogens is 1. The summed E-state index contributed by atoms with van der Waals surface area (Å²) in [5.41, 5.74) is 1.90. The van der Waals surface area contributed by atoms with Gasteiger partial charge in [0.25, 0.3) is 17.7 Å². The van der Waals surface area contributed by atoms with Crippen LogP contribution in [0.5, 0.6) is 0 Å². The minimum absolute atomic E-state index is 0.124. The molecule has 5 rings (SSSR count). The van der Waals surface area contributed by atoms with Gasteiger partial charge < -0.3 is 4.74 Å². The van der Waals surface area contributed by atoms with E-state index in [2.05, 4.69) is 10.3 Å². The number of hydrogen-bond donors (Lipinski definition) is 1. The topological polar surface area (TPSA) is 88.6 Å². The van der Waals surface area contributed by atoms with Gasteiger partial charge >= 0.3 is 0 Å². The smallest absolute Gasteiger partial charge is 0.261 e. The number of carbonyl (C=O) groups excluding carboxylic acids is 3. The van der Waals surface area contributed by atoms with Crippen LogP contribution >= 0.6 is 22.9 Å². The number of amides is 3. The average Bonchev–Trinajstić information content (AvgIpc) is 3.52. The molecule has 2 aliphatic rings. The van der Waals surface area contributed by atoms with E-state index in [4.69, 9.17) is 16.3 Å². The van der Waals surface area contributed by atoms with Gasteiger partial charge in [0.15, 0.2) is 5.13 Å². The molecule has 1 unspecified atom stereocenters. The molecule has 168 valence electrons. The molecule has 0 radical (unpaired) electrons. The van der Waals surface area contributed by atoms with Gasteiger partial charge in [0, 0.05) is 34.7 Å². The number of thiazole rings is 1. The monoisotopic (exact) mass is 481 g/mol. The average molecular weight is 482 g/mol. The lowest BCUT2D eigenvalue weighted by Crippen LogP contribution is -2.36. The highest BCUT2D eigenvalue weighted by molar-refractivity contribution is 7.15. The summed E-state index contributed by atoms with van der Waals surface area (Å²) < 4.78 is 5.56. The van der Waals surface area contributed by atoms with E-state index in [9.17, 15) is 14.4 Å². The molecule has 2 aromatic carbocycles. The van der Waals surface area contributed by atoms with Crippen molar-refractivity contribution in [1.82, 2.24) is 9.88 Å². The third-order valence-electron chi connectivity index (χ3n) is 5.68. The van der Waals surface area contributed by atoms with Crippen molar-refractivity contribution in [2.75, 3.05) is 18.5 Å². The van der Waals surface area contributed by atoms with Gasteiger partial charge in [-0.05, 0) is 48.7 Å². The Morgan fingerprint density at radius 2 is 2.03 bits per heavy atom. The van der Waals surface area contributed by atoms with E-state index < -0.39 is 5.91 Å². The van der Waals surface area contributed by atoms with E-state index in [1.807, 2.05) is 24.3 Å². The number of fused-ring (bicyclic) bond motifs is 1. The summed E-state index contributed by atoms with van der Waals surface area (Å²) in [6.45, 7) is 0.887. The fourth-order valence-electron chi connectivity index (χ4n) is 4.05. The minimum Gasteiger partial charge on any atom is -0.376 e. The zero-order valence-electron chi connectivity index (χ0n) is 17.5. The van der Waals surface area contributed by atoms with Crippen LogP contribution < -0.4 is 5.32 Å². The number of nitrogens with one attached hydrogen (secondary N) is 1. The fourth-order valence-corrected chi connectivity index (χ4v) is 5.11. The highest BCUT2D eigenvalue weighted by Crippen LogP contribution is 2.27. The third-order valence-corrected chi connectivity index (χ3v) is 6.83. The van der Waals surface area contributed by atoms with Crippen molar-refractivity contribution in [1.29, 1.82) is 0 Å². The molecule has 9 heteroatoms. The number of anilines is 1. The van der Waals surface area contributed by atoms with E-state index in [1.165, 1.54) is 28.4 Å². The Balaban J connectivity index is 1.27. The van der Waals surface area contributed by atoms with Gasteiger partial charge in [0.2, 0.25) is 0 Å². The van der Waals surface area contributed by atoms with Crippen molar-refractivity contribution in [3.05, 3.63) is 80.8 Å². The molecule has 0 aliphatic carbocycles. The summed E-state index contributed by atoms with van der Waals surface area (Å²) >= 11 is 7.41. The summed E-state index contributed by atoms with van der Waals surface area (Å²) in [5.74, 6) is -1.12. The molecule has 1 atom stereocenters. The zero-order chi connectivity index (χ0) is 22.9. The second-order valence-electron chi connectivity index (χ2n) is 8.01. The first-order valence-corrected chi connectivity index (χ1v) is 11.8. The van der Waals surface area contributed by atoms with Crippen LogP contribution in [0.25, 0.3) is 0 Å². The van der Waals surface area contributed by atoms with E-state index >= 15 is 0 Å². The van der Waals surface area contributed by atoms with Crippen molar-refractivity contribution >= 4 is 45.8 Å². The van der Waals surface area contributed by atoms with Crippen molar-refractivity contribution in [2.24, 2.45) is 0 Å². The van der Waals surface area contributed by atoms with E-state index in [0.717, 1.165) is 23.3 Å². The maximum atomic E-state index is 12.8. The first kappa shape index (κ1) is 21.8. The molecule has 1 aromatic heterocycles. The van der Waals surface area contributed by atoms with Gasteiger partial charge in [0.1, 0.15) is 0 Å². The zero-order valence-corrected chi connectivity index (χ0v) is 19.1. The van der Waals surface area contributed by atoms with Gasteiger partial charge in [-0.15, -0.1) is 11.3 Å². The van der Waals surface area contributed by atoms with Crippen LogP contribution in [0.4, 0.5) is 5.13 Å². The number of rotatable bonds is 6. The number of benzene rings is 2. The van der Waals surface area contributed by atoms with Crippen LogP contribution in [0, 0.1) is 0 Å².